The number of aryl methyl sites for hydroxylation is 1. The Balaban J connectivity index is 1.90. The van der Waals surface area contributed by atoms with Crippen LogP contribution < -0.4 is 0 Å². The van der Waals surface area contributed by atoms with Gasteiger partial charge < -0.3 is 4.90 Å². The minimum atomic E-state index is 0.201. The summed E-state index contributed by atoms with van der Waals surface area (Å²) in [5.74, 6) is 0.201. The largest absolute Gasteiger partial charge is 0.342 e. The van der Waals surface area contributed by atoms with Crippen molar-refractivity contribution in [3.8, 4) is 0 Å². The molecule has 3 nitrogen and oxygen atoms in total. The molecule has 98 valence electrons. The summed E-state index contributed by atoms with van der Waals surface area (Å²) in [6, 6.07) is 8.72. The van der Waals surface area contributed by atoms with Gasteiger partial charge in [-0.1, -0.05) is 29.8 Å². The second kappa shape index (κ2) is 6.01. The zero-order valence-electron chi connectivity index (χ0n) is 11.4. The van der Waals surface area contributed by atoms with Gasteiger partial charge >= 0.3 is 0 Å². The van der Waals surface area contributed by atoms with Crippen LogP contribution in [0.4, 0.5) is 0 Å². The van der Waals surface area contributed by atoms with E-state index in [1.54, 1.807) is 6.92 Å². The highest BCUT2D eigenvalue weighted by Gasteiger charge is 2.16. The SMILES string of the molecule is CC(=O)N1CCCN(Cc2ccc(C)cc2)CC1. The maximum Gasteiger partial charge on any atom is 0.219 e. The van der Waals surface area contributed by atoms with Gasteiger partial charge in [-0.2, -0.15) is 0 Å². The molecule has 0 atom stereocenters. The van der Waals surface area contributed by atoms with Crippen molar-refractivity contribution in [1.29, 1.82) is 0 Å². The van der Waals surface area contributed by atoms with Crippen molar-refractivity contribution in [1.82, 2.24) is 9.80 Å². The van der Waals surface area contributed by atoms with Crippen molar-refractivity contribution >= 4 is 5.91 Å². The molecule has 1 amide bonds. The molecule has 1 aromatic carbocycles. The lowest BCUT2D eigenvalue weighted by molar-refractivity contribution is -0.128. The van der Waals surface area contributed by atoms with E-state index in [1.807, 2.05) is 4.90 Å². The second-order valence-corrected chi connectivity index (χ2v) is 5.12. The summed E-state index contributed by atoms with van der Waals surface area (Å²) in [5, 5.41) is 0. The molecule has 0 aliphatic carbocycles. The molecule has 0 aromatic heterocycles. The summed E-state index contributed by atoms with van der Waals surface area (Å²) >= 11 is 0. The van der Waals surface area contributed by atoms with Gasteiger partial charge in [-0.25, -0.2) is 0 Å². The lowest BCUT2D eigenvalue weighted by Gasteiger charge is -2.21. The van der Waals surface area contributed by atoms with E-state index < -0.39 is 0 Å². The molecule has 0 spiro atoms. The summed E-state index contributed by atoms with van der Waals surface area (Å²) in [7, 11) is 0. The lowest BCUT2D eigenvalue weighted by atomic mass is 10.1. The van der Waals surface area contributed by atoms with E-state index in [2.05, 4.69) is 36.1 Å². The number of hydrogen-bond acceptors (Lipinski definition) is 2. The molecule has 1 aliphatic heterocycles. The van der Waals surface area contributed by atoms with Crippen LogP contribution in [0.2, 0.25) is 0 Å². The zero-order chi connectivity index (χ0) is 13.0. The van der Waals surface area contributed by atoms with E-state index >= 15 is 0 Å². The van der Waals surface area contributed by atoms with Crippen LogP contribution in [-0.4, -0.2) is 41.9 Å². The topological polar surface area (TPSA) is 23.6 Å². The highest BCUT2D eigenvalue weighted by Crippen LogP contribution is 2.10. The number of rotatable bonds is 2. The fourth-order valence-corrected chi connectivity index (χ4v) is 2.40. The van der Waals surface area contributed by atoms with E-state index in [4.69, 9.17) is 0 Å². The van der Waals surface area contributed by atoms with Gasteiger partial charge in [0, 0.05) is 39.6 Å². The van der Waals surface area contributed by atoms with Gasteiger partial charge in [0.1, 0.15) is 0 Å². The standard InChI is InChI=1S/C15H22N2O/c1-13-4-6-15(7-5-13)12-16-8-3-9-17(11-10-16)14(2)18/h4-7H,3,8-12H2,1-2H3. The Morgan fingerprint density at radius 1 is 1.11 bits per heavy atom. The Labute approximate surface area is 109 Å². The minimum absolute atomic E-state index is 0.201. The van der Waals surface area contributed by atoms with Crippen LogP contribution in [0.1, 0.15) is 24.5 Å². The summed E-state index contributed by atoms with van der Waals surface area (Å²) in [6.45, 7) is 8.59. The zero-order valence-corrected chi connectivity index (χ0v) is 11.4. The highest BCUT2D eigenvalue weighted by atomic mass is 16.2. The fraction of sp³-hybridized carbons (Fsp3) is 0.533. The molecular weight excluding hydrogens is 224 g/mol. The molecule has 0 bridgehead atoms. The lowest BCUT2D eigenvalue weighted by Crippen LogP contribution is -2.33. The second-order valence-electron chi connectivity index (χ2n) is 5.12. The summed E-state index contributed by atoms with van der Waals surface area (Å²) < 4.78 is 0. The third-order valence-electron chi connectivity index (χ3n) is 3.56. The fourth-order valence-electron chi connectivity index (χ4n) is 2.40. The maximum absolute atomic E-state index is 11.4. The first-order chi connectivity index (χ1) is 8.65. The van der Waals surface area contributed by atoms with E-state index in [1.165, 1.54) is 11.1 Å². The Kier molecular flexibility index (Phi) is 4.37. The maximum atomic E-state index is 11.4. The summed E-state index contributed by atoms with van der Waals surface area (Å²) in [6.07, 6.45) is 1.07. The van der Waals surface area contributed by atoms with Gasteiger partial charge in [-0.05, 0) is 18.9 Å². The molecule has 1 heterocycles. The van der Waals surface area contributed by atoms with Crippen LogP contribution in [0.5, 0.6) is 0 Å². The molecular formula is C15H22N2O. The molecule has 0 unspecified atom stereocenters. The van der Waals surface area contributed by atoms with Crippen LogP contribution in [0, 0.1) is 6.92 Å². The molecule has 1 aromatic rings. The Morgan fingerprint density at radius 3 is 2.50 bits per heavy atom. The summed E-state index contributed by atoms with van der Waals surface area (Å²) in [4.78, 5) is 15.8. The number of hydrogen-bond donors (Lipinski definition) is 0. The smallest absolute Gasteiger partial charge is 0.219 e. The molecule has 0 radical (unpaired) electrons. The molecule has 18 heavy (non-hydrogen) atoms. The van der Waals surface area contributed by atoms with E-state index in [0.29, 0.717) is 0 Å². The first kappa shape index (κ1) is 13.1. The van der Waals surface area contributed by atoms with Crippen LogP contribution in [-0.2, 0) is 11.3 Å². The average molecular weight is 246 g/mol. The van der Waals surface area contributed by atoms with Crippen LogP contribution >= 0.6 is 0 Å². The number of amides is 1. The van der Waals surface area contributed by atoms with Crippen molar-refractivity contribution < 1.29 is 4.79 Å². The minimum Gasteiger partial charge on any atom is -0.342 e. The monoisotopic (exact) mass is 246 g/mol. The van der Waals surface area contributed by atoms with E-state index in [-0.39, 0.29) is 5.91 Å². The predicted molar refractivity (Wildman–Crippen MR) is 73.3 cm³/mol. The van der Waals surface area contributed by atoms with Crippen molar-refractivity contribution in [2.45, 2.75) is 26.8 Å². The van der Waals surface area contributed by atoms with Gasteiger partial charge in [0.15, 0.2) is 0 Å². The van der Waals surface area contributed by atoms with Crippen molar-refractivity contribution in [3.05, 3.63) is 35.4 Å². The first-order valence-corrected chi connectivity index (χ1v) is 6.68. The molecule has 1 fully saturated rings. The van der Waals surface area contributed by atoms with Gasteiger partial charge in [0.05, 0.1) is 0 Å². The molecule has 0 saturated carbocycles. The van der Waals surface area contributed by atoms with Crippen molar-refractivity contribution in [2.24, 2.45) is 0 Å². The van der Waals surface area contributed by atoms with Gasteiger partial charge in [0.25, 0.3) is 0 Å². The normalized spacial score (nSPS) is 17.6. The number of carbonyl (C=O) groups excluding carboxylic acids is 1. The highest BCUT2D eigenvalue weighted by molar-refractivity contribution is 5.73. The summed E-state index contributed by atoms with van der Waals surface area (Å²) in [5.41, 5.74) is 2.66. The van der Waals surface area contributed by atoms with Crippen LogP contribution in [0.15, 0.2) is 24.3 Å². The van der Waals surface area contributed by atoms with E-state index in [0.717, 1.165) is 39.1 Å². The first-order valence-electron chi connectivity index (χ1n) is 6.68. The Morgan fingerprint density at radius 2 is 1.83 bits per heavy atom. The van der Waals surface area contributed by atoms with Crippen LogP contribution in [0.25, 0.3) is 0 Å². The van der Waals surface area contributed by atoms with Crippen molar-refractivity contribution in [3.63, 3.8) is 0 Å². The molecule has 2 rings (SSSR count). The molecule has 1 aliphatic rings. The van der Waals surface area contributed by atoms with Crippen molar-refractivity contribution in [2.75, 3.05) is 26.2 Å². The molecule has 3 heteroatoms. The average Bonchev–Trinajstić information content (AvgIpc) is 2.58. The Bertz CT molecular complexity index is 399. The number of benzene rings is 1. The molecule has 0 N–H and O–H groups in total. The Hall–Kier alpha value is -1.35. The number of carbonyl (C=O) groups is 1. The predicted octanol–water partition coefficient (Wildman–Crippen LogP) is 2.05. The molecule has 1 saturated heterocycles. The number of nitrogens with zero attached hydrogens (tertiary/aromatic N) is 2. The third kappa shape index (κ3) is 3.57. The van der Waals surface area contributed by atoms with Gasteiger partial charge in [0.2, 0.25) is 5.91 Å². The van der Waals surface area contributed by atoms with Gasteiger partial charge in [-0.3, -0.25) is 9.69 Å². The van der Waals surface area contributed by atoms with Crippen LogP contribution in [0.3, 0.4) is 0 Å². The van der Waals surface area contributed by atoms with Gasteiger partial charge in [-0.15, -0.1) is 0 Å². The quantitative estimate of drug-likeness (QED) is 0.797. The van der Waals surface area contributed by atoms with E-state index in [9.17, 15) is 4.79 Å². The third-order valence-corrected chi connectivity index (χ3v) is 3.56.